The zero-order valence-corrected chi connectivity index (χ0v) is 14.6. The lowest BCUT2D eigenvalue weighted by molar-refractivity contribution is 0.861. The van der Waals surface area contributed by atoms with E-state index in [1.807, 2.05) is 56.4 Å². The van der Waals surface area contributed by atoms with E-state index in [0.29, 0.717) is 10.8 Å². The largest absolute Gasteiger partial charge is 0.353 e. The van der Waals surface area contributed by atoms with Crippen molar-refractivity contribution in [3.63, 3.8) is 0 Å². The summed E-state index contributed by atoms with van der Waals surface area (Å²) in [5.41, 5.74) is 2.43. The van der Waals surface area contributed by atoms with Crippen LogP contribution >= 0.6 is 24.0 Å². The summed E-state index contributed by atoms with van der Waals surface area (Å²) in [6.07, 6.45) is 1.83. The Bertz CT molecular complexity index is 833. The molecule has 0 unspecified atom stereocenters. The second-order valence-corrected chi connectivity index (χ2v) is 6.47. The summed E-state index contributed by atoms with van der Waals surface area (Å²) in [4.78, 5) is 2.79. The molecule has 0 amide bonds. The van der Waals surface area contributed by atoms with Crippen LogP contribution in [0.25, 0.3) is 5.69 Å². The minimum Gasteiger partial charge on any atom is -0.353 e. The predicted octanol–water partition coefficient (Wildman–Crippen LogP) is 3.80. The molecule has 3 aromatic rings. The molecular weight excluding hydrogens is 330 g/mol. The lowest BCUT2D eigenvalue weighted by atomic mass is 10.3. The van der Waals surface area contributed by atoms with Gasteiger partial charge in [0.05, 0.1) is 17.6 Å². The van der Waals surface area contributed by atoms with Crippen molar-refractivity contribution in [1.29, 1.82) is 0 Å². The standard InChI is InChI=1S/C14H15N7S2/c1-9-12(15-16-13-17-18-14(23-13)20(2)3)8-21(19-9)10-4-6-11(22)7-5-10/h4-8,22H,1-3H3. The molecule has 0 saturated heterocycles. The number of nitrogens with zero attached hydrogens (tertiary/aromatic N) is 7. The molecule has 118 valence electrons. The molecule has 3 rings (SSSR count). The van der Waals surface area contributed by atoms with Crippen molar-refractivity contribution in [2.45, 2.75) is 11.8 Å². The average molecular weight is 345 g/mol. The Hall–Kier alpha value is -2.26. The third kappa shape index (κ3) is 3.57. The van der Waals surface area contributed by atoms with Gasteiger partial charge in [-0.15, -0.1) is 33.1 Å². The summed E-state index contributed by atoms with van der Waals surface area (Å²) in [6, 6.07) is 7.73. The summed E-state index contributed by atoms with van der Waals surface area (Å²) < 4.78 is 1.77. The number of azo groups is 1. The lowest BCUT2D eigenvalue weighted by Crippen LogP contribution is -2.07. The van der Waals surface area contributed by atoms with Crippen LogP contribution in [0, 0.1) is 6.92 Å². The Morgan fingerprint density at radius 3 is 2.52 bits per heavy atom. The van der Waals surface area contributed by atoms with Crippen LogP contribution < -0.4 is 4.90 Å². The van der Waals surface area contributed by atoms with E-state index < -0.39 is 0 Å². The average Bonchev–Trinajstić information content (AvgIpc) is 3.13. The molecule has 7 nitrogen and oxygen atoms in total. The zero-order chi connectivity index (χ0) is 16.4. The van der Waals surface area contributed by atoms with Gasteiger partial charge in [-0.25, -0.2) is 4.68 Å². The first-order valence-electron chi connectivity index (χ1n) is 6.81. The van der Waals surface area contributed by atoms with E-state index in [9.17, 15) is 0 Å². The quantitative estimate of drug-likeness (QED) is 0.577. The summed E-state index contributed by atoms with van der Waals surface area (Å²) in [5.74, 6) is 0. The van der Waals surface area contributed by atoms with Crippen molar-refractivity contribution < 1.29 is 0 Å². The molecule has 2 heterocycles. The van der Waals surface area contributed by atoms with Crippen molar-refractivity contribution in [3.05, 3.63) is 36.2 Å². The summed E-state index contributed by atoms with van der Waals surface area (Å²) in [7, 11) is 3.82. The van der Waals surface area contributed by atoms with Crippen LogP contribution in [0.2, 0.25) is 0 Å². The molecule has 0 radical (unpaired) electrons. The molecule has 0 fully saturated rings. The molecule has 0 N–H and O–H groups in total. The van der Waals surface area contributed by atoms with Crippen molar-refractivity contribution in [2.24, 2.45) is 10.2 Å². The van der Waals surface area contributed by atoms with E-state index in [2.05, 4.69) is 38.2 Å². The van der Waals surface area contributed by atoms with E-state index in [1.54, 1.807) is 4.68 Å². The Morgan fingerprint density at radius 1 is 1.13 bits per heavy atom. The number of aromatic nitrogens is 4. The number of hydrogen-bond acceptors (Lipinski definition) is 8. The normalized spacial score (nSPS) is 11.3. The molecule has 9 heteroatoms. The maximum absolute atomic E-state index is 4.45. The number of hydrogen-bond donors (Lipinski definition) is 1. The van der Waals surface area contributed by atoms with Crippen LogP contribution in [0.4, 0.5) is 16.0 Å². The Kier molecular flexibility index (Phi) is 4.39. The zero-order valence-electron chi connectivity index (χ0n) is 12.9. The van der Waals surface area contributed by atoms with Gasteiger partial charge >= 0.3 is 0 Å². The third-order valence-corrected chi connectivity index (χ3v) is 4.29. The van der Waals surface area contributed by atoms with Crippen LogP contribution in [0.3, 0.4) is 0 Å². The highest BCUT2D eigenvalue weighted by atomic mass is 32.1. The van der Waals surface area contributed by atoms with E-state index in [0.717, 1.165) is 21.4 Å². The minimum atomic E-state index is 0.514. The van der Waals surface area contributed by atoms with Crippen LogP contribution in [0.1, 0.15) is 5.69 Å². The molecule has 0 aliphatic heterocycles. The molecule has 1 aromatic carbocycles. The van der Waals surface area contributed by atoms with Gasteiger partial charge in [0, 0.05) is 19.0 Å². The molecule has 2 aromatic heterocycles. The van der Waals surface area contributed by atoms with Gasteiger partial charge in [-0.3, -0.25) is 0 Å². The molecule has 0 atom stereocenters. The third-order valence-electron chi connectivity index (χ3n) is 3.02. The fourth-order valence-electron chi connectivity index (χ4n) is 1.81. The van der Waals surface area contributed by atoms with Crippen molar-refractivity contribution >= 4 is 39.9 Å². The number of anilines is 1. The number of rotatable bonds is 4. The van der Waals surface area contributed by atoms with Gasteiger partial charge in [-0.2, -0.15) is 5.10 Å². The number of benzene rings is 1. The second-order valence-electron chi connectivity index (χ2n) is 5.02. The van der Waals surface area contributed by atoms with Gasteiger partial charge < -0.3 is 4.90 Å². The molecule has 0 bridgehead atoms. The van der Waals surface area contributed by atoms with Crippen molar-refractivity contribution in [2.75, 3.05) is 19.0 Å². The van der Waals surface area contributed by atoms with Crippen LogP contribution in [0.5, 0.6) is 0 Å². The molecule has 23 heavy (non-hydrogen) atoms. The highest BCUT2D eigenvalue weighted by Crippen LogP contribution is 2.27. The molecule has 0 aliphatic carbocycles. The smallest absolute Gasteiger partial charge is 0.253 e. The molecule has 0 spiro atoms. The Balaban J connectivity index is 1.83. The first-order chi connectivity index (χ1) is 11.0. The highest BCUT2D eigenvalue weighted by molar-refractivity contribution is 7.80. The maximum Gasteiger partial charge on any atom is 0.253 e. The minimum absolute atomic E-state index is 0.514. The maximum atomic E-state index is 4.45. The van der Waals surface area contributed by atoms with Gasteiger partial charge in [0.1, 0.15) is 5.69 Å². The van der Waals surface area contributed by atoms with Crippen LogP contribution in [-0.4, -0.2) is 34.1 Å². The van der Waals surface area contributed by atoms with Gasteiger partial charge in [0.15, 0.2) is 0 Å². The highest BCUT2D eigenvalue weighted by Gasteiger charge is 2.08. The fourth-order valence-corrected chi connectivity index (χ4v) is 2.55. The predicted molar refractivity (Wildman–Crippen MR) is 94.0 cm³/mol. The first-order valence-corrected chi connectivity index (χ1v) is 8.07. The monoisotopic (exact) mass is 345 g/mol. The first kappa shape index (κ1) is 15.6. The Morgan fingerprint density at radius 2 is 1.87 bits per heavy atom. The van der Waals surface area contributed by atoms with Gasteiger partial charge in [0.2, 0.25) is 5.13 Å². The van der Waals surface area contributed by atoms with E-state index in [4.69, 9.17) is 0 Å². The topological polar surface area (TPSA) is 71.6 Å². The Labute approximate surface area is 143 Å². The lowest BCUT2D eigenvalue weighted by Gasteiger charge is -2.03. The second kappa shape index (κ2) is 6.47. The van der Waals surface area contributed by atoms with Crippen LogP contribution in [0.15, 0.2) is 45.6 Å². The SMILES string of the molecule is Cc1nn(-c2ccc(S)cc2)cc1N=Nc1nnc(N(C)C)s1. The van der Waals surface area contributed by atoms with Gasteiger partial charge in [-0.1, -0.05) is 11.3 Å². The van der Waals surface area contributed by atoms with Gasteiger partial charge in [-0.05, 0) is 31.2 Å². The summed E-state index contributed by atoms with van der Waals surface area (Å²) in [5, 5.41) is 22.1. The van der Waals surface area contributed by atoms with E-state index >= 15 is 0 Å². The molecular formula is C14H15N7S2. The van der Waals surface area contributed by atoms with Crippen molar-refractivity contribution in [1.82, 2.24) is 20.0 Å². The number of thiol groups is 1. The summed E-state index contributed by atoms with van der Waals surface area (Å²) >= 11 is 5.66. The fraction of sp³-hybridized carbons (Fsp3) is 0.214. The van der Waals surface area contributed by atoms with Gasteiger partial charge in [0.25, 0.3) is 5.13 Å². The van der Waals surface area contributed by atoms with E-state index in [-0.39, 0.29) is 0 Å². The molecule has 0 aliphatic rings. The van der Waals surface area contributed by atoms with Crippen molar-refractivity contribution in [3.8, 4) is 5.69 Å². The summed E-state index contributed by atoms with van der Waals surface area (Å²) in [6.45, 7) is 1.89. The van der Waals surface area contributed by atoms with E-state index in [1.165, 1.54) is 11.3 Å². The van der Waals surface area contributed by atoms with Crippen LogP contribution in [-0.2, 0) is 0 Å². The number of aryl methyl sites for hydroxylation is 1. The molecule has 0 saturated carbocycles.